The molecule has 0 bridgehead atoms. The summed E-state index contributed by atoms with van der Waals surface area (Å²) in [4.78, 5) is 0. The van der Waals surface area contributed by atoms with E-state index in [9.17, 15) is 0 Å². The zero-order chi connectivity index (χ0) is 16.2. The van der Waals surface area contributed by atoms with Crippen LogP contribution in [0.2, 0.25) is 5.31 Å². The van der Waals surface area contributed by atoms with Gasteiger partial charge in [0.1, 0.15) is 7.85 Å². The highest BCUT2D eigenvalue weighted by Gasteiger charge is 2.13. The lowest BCUT2D eigenvalue weighted by Crippen LogP contribution is -2.02. The Bertz CT molecular complexity index is 583. The lowest BCUT2D eigenvalue weighted by molar-refractivity contribution is 0.726. The van der Waals surface area contributed by atoms with Crippen LogP contribution in [0.1, 0.15) is 33.6 Å². The molecule has 0 aromatic heterocycles. The molecular formula is C20H24B2. The van der Waals surface area contributed by atoms with E-state index in [0.717, 1.165) is 18.3 Å². The zero-order valence-electron chi connectivity index (χ0n) is 13.9. The summed E-state index contributed by atoms with van der Waals surface area (Å²) in [6.07, 6.45) is 21.3. The van der Waals surface area contributed by atoms with Gasteiger partial charge in [0.25, 0.3) is 0 Å². The van der Waals surface area contributed by atoms with Gasteiger partial charge in [-0.05, 0) is 41.1 Å². The highest BCUT2D eigenvalue weighted by molar-refractivity contribution is 6.24. The van der Waals surface area contributed by atoms with Gasteiger partial charge in [-0.3, -0.25) is 0 Å². The fourth-order valence-corrected chi connectivity index (χ4v) is 2.87. The summed E-state index contributed by atoms with van der Waals surface area (Å²) < 4.78 is 0. The van der Waals surface area contributed by atoms with Crippen LogP contribution in [0.25, 0.3) is 0 Å². The molecule has 2 heteroatoms. The van der Waals surface area contributed by atoms with Gasteiger partial charge in [0.15, 0.2) is 0 Å². The molecule has 0 saturated heterocycles. The monoisotopic (exact) mass is 286 g/mol. The first-order chi connectivity index (χ1) is 10.3. The fourth-order valence-electron chi connectivity index (χ4n) is 2.87. The second-order valence-corrected chi connectivity index (χ2v) is 6.86. The van der Waals surface area contributed by atoms with E-state index in [-0.39, 0.29) is 0 Å². The average Bonchev–Trinajstić information content (AvgIpc) is 2.57. The van der Waals surface area contributed by atoms with Gasteiger partial charge in [0.2, 0.25) is 0 Å². The van der Waals surface area contributed by atoms with E-state index in [1.807, 2.05) is 19.1 Å². The molecule has 0 aromatic rings. The minimum Gasteiger partial charge on any atom is -0.121 e. The van der Waals surface area contributed by atoms with Crippen molar-refractivity contribution in [2.45, 2.75) is 38.9 Å². The molecule has 2 aliphatic rings. The first kappa shape index (κ1) is 16.9. The quantitative estimate of drug-likeness (QED) is 0.627. The lowest BCUT2D eigenvalue weighted by Gasteiger charge is -2.17. The Morgan fingerprint density at radius 3 is 2.73 bits per heavy atom. The lowest BCUT2D eigenvalue weighted by atomic mass is 9.67. The number of hydrogen-bond donors (Lipinski definition) is 0. The molecule has 4 radical (unpaired) electrons. The van der Waals surface area contributed by atoms with Gasteiger partial charge in [-0.15, -0.1) is 5.47 Å². The largest absolute Gasteiger partial charge is 0.121 e. The smallest absolute Gasteiger partial charge is 0.107 e. The van der Waals surface area contributed by atoms with Crippen LogP contribution in [-0.4, -0.2) is 15.7 Å². The molecule has 0 aliphatic heterocycles. The molecule has 0 aromatic carbocycles. The van der Waals surface area contributed by atoms with Gasteiger partial charge in [-0.2, -0.15) is 0 Å². The molecule has 3 unspecified atom stereocenters. The third-order valence-electron chi connectivity index (χ3n) is 3.96. The normalized spacial score (nSPS) is 38.4. The van der Waals surface area contributed by atoms with Crippen molar-refractivity contribution >= 4 is 15.7 Å². The molecule has 22 heavy (non-hydrogen) atoms. The first-order valence-corrected chi connectivity index (χ1v) is 8.06. The van der Waals surface area contributed by atoms with Crippen molar-refractivity contribution in [3.05, 3.63) is 71.3 Å². The van der Waals surface area contributed by atoms with E-state index >= 15 is 0 Å². The van der Waals surface area contributed by atoms with Crippen molar-refractivity contribution in [1.29, 1.82) is 0 Å². The van der Waals surface area contributed by atoms with Crippen molar-refractivity contribution in [3.8, 4) is 0 Å². The molecule has 0 heterocycles. The van der Waals surface area contributed by atoms with E-state index in [4.69, 9.17) is 15.7 Å². The fraction of sp³-hybridized carbons (Fsp3) is 0.400. The van der Waals surface area contributed by atoms with E-state index < -0.39 is 5.31 Å². The van der Waals surface area contributed by atoms with Gasteiger partial charge in [0.05, 0.1) is 7.85 Å². The predicted molar refractivity (Wildman–Crippen MR) is 99.1 cm³/mol. The van der Waals surface area contributed by atoms with Gasteiger partial charge in [-0.25, -0.2) is 0 Å². The molecule has 110 valence electrons. The molecule has 0 saturated carbocycles. The molecule has 2 rings (SSSR count). The van der Waals surface area contributed by atoms with Crippen LogP contribution >= 0.6 is 0 Å². The van der Waals surface area contributed by atoms with Crippen LogP contribution in [-0.2, 0) is 0 Å². The molecule has 0 amide bonds. The van der Waals surface area contributed by atoms with E-state index in [1.165, 1.54) is 11.1 Å². The predicted octanol–water partition coefficient (Wildman–Crippen LogP) is 4.99. The van der Waals surface area contributed by atoms with Crippen LogP contribution in [0.15, 0.2) is 71.3 Å². The van der Waals surface area contributed by atoms with Crippen molar-refractivity contribution in [3.63, 3.8) is 0 Å². The summed E-state index contributed by atoms with van der Waals surface area (Å²) in [6.45, 7) is 6.38. The SMILES string of the molecule is [B]/C1=C/C([B])(C)/C=C\C(CC2=CC=CC(C)C=C2)=C/C(C)C1. The second kappa shape index (κ2) is 7.22. The van der Waals surface area contributed by atoms with Crippen LogP contribution < -0.4 is 0 Å². The maximum atomic E-state index is 6.28. The van der Waals surface area contributed by atoms with Crippen molar-refractivity contribution in [2.24, 2.45) is 11.8 Å². The third-order valence-corrected chi connectivity index (χ3v) is 3.96. The summed E-state index contributed by atoms with van der Waals surface area (Å²) in [5, 5.41) is -0.491. The summed E-state index contributed by atoms with van der Waals surface area (Å²) in [6, 6.07) is 0. The van der Waals surface area contributed by atoms with Crippen molar-refractivity contribution in [1.82, 2.24) is 0 Å². The van der Waals surface area contributed by atoms with E-state index in [2.05, 4.69) is 56.4 Å². The Balaban J connectivity index is 2.22. The van der Waals surface area contributed by atoms with Gasteiger partial charge < -0.3 is 0 Å². The van der Waals surface area contributed by atoms with Gasteiger partial charge in [0, 0.05) is 0 Å². The van der Waals surface area contributed by atoms with Crippen LogP contribution in [0.4, 0.5) is 0 Å². The van der Waals surface area contributed by atoms with Crippen molar-refractivity contribution in [2.75, 3.05) is 0 Å². The topological polar surface area (TPSA) is 0 Å². The Morgan fingerprint density at radius 1 is 1.18 bits per heavy atom. The molecule has 2 aliphatic carbocycles. The second-order valence-electron chi connectivity index (χ2n) is 6.86. The van der Waals surface area contributed by atoms with Gasteiger partial charge >= 0.3 is 0 Å². The summed E-state index contributed by atoms with van der Waals surface area (Å²) in [5.41, 5.74) is 3.48. The Morgan fingerprint density at radius 2 is 1.95 bits per heavy atom. The Kier molecular flexibility index (Phi) is 5.56. The summed E-state index contributed by atoms with van der Waals surface area (Å²) >= 11 is 0. The summed E-state index contributed by atoms with van der Waals surface area (Å²) in [5.74, 6) is 0.906. The highest BCUT2D eigenvalue weighted by atomic mass is 14.1. The molecular weight excluding hydrogens is 262 g/mol. The van der Waals surface area contributed by atoms with Gasteiger partial charge in [-0.1, -0.05) is 75.5 Å². The molecule has 3 atom stereocenters. The summed E-state index contributed by atoms with van der Waals surface area (Å²) in [7, 11) is 12.4. The van der Waals surface area contributed by atoms with E-state index in [1.54, 1.807) is 0 Å². The van der Waals surface area contributed by atoms with Crippen LogP contribution in [0.3, 0.4) is 0 Å². The number of allylic oxidation sites excluding steroid dienone is 12. The van der Waals surface area contributed by atoms with Crippen LogP contribution in [0, 0.1) is 11.8 Å². The zero-order valence-corrected chi connectivity index (χ0v) is 13.9. The van der Waals surface area contributed by atoms with E-state index in [0.29, 0.717) is 11.8 Å². The minimum absolute atomic E-state index is 0.412. The molecule has 0 spiro atoms. The average molecular weight is 286 g/mol. The number of hydrogen-bond acceptors (Lipinski definition) is 0. The Labute approximate surface area is 138 Å². The first-order valence-electron chi connectivity index (χ1n) is 8.06. The van der Waals surface area contributed by atoms with Crippen LogP contribution in [0.5, 0.6) is 0 Å². The molecule has 0 nitrogen and oxygen atoms in total. The third kappa shape index (κ3) is 5.40. The maximum Gasteiger partial charge on any atom is 0.107 e. The van der Waals surface area contributed by atoms with Crippen molar-refractivity contribution < 1.29 is 0 Å². The maximum absolute atomic E-state index is 6.28. The molecule has 0 fully saturated rings. The number of rotatable bonds is 2. The molecule has 0 N–H and O–H groups in total. The highest BCUT2D eigenvalue weighted by Crippen LogP contribution is 2.31. The minimum atomic E-state index is -0.491. The Hall–Kier alpha value is -1.43. The standard InChI is InChI=1S/C20H24B2/c1-15-5-4-6-17(8-7-15)13-18-9-10-20(3,22)14-19(21)12-16(2)11-18/h4-11,14-16H,12-13H2,1-3H3/b10-9-,18-11+,19-14+.